The Balaban J connectivity index is 1.48. The maximum atomic E-state index is 9.65. The van der Waals surface area contributed by atoms with E-state index < -0.39 is 0 Å². The molecule has 0 aliphatic rings. The minimum atomic E-state index is -0.134. The van der Waals surface area contributed by atoms with E-state index in [9.17, 15) is 5.11 Å². The van der Waals surface area contributed by atoms with E-state index in [4.69, 9.17) is 27.9 Å². The molecule has 0 bridgehead atoms. The number of ether oxygens (including phenoxy) is 1. The number of halogens is 2. The van der Waals surface area contributed by atoms with Crippen molar-refractivity contribution in [2.45, 2.75) is 6.54 Å². The summed E-state index contributed by atoms with van der Waals surface area (Å²) in [5.74, 6) is 0.462. The van der Waals surface area contributed by atoms with Crippen LogP contribution in [-0.2, 0) is 6.54 Å². The van der Waals surface area contributed by atoms with Gasteiger partial charge in [0.25, 0.3) is 0 Å². The van der Waals surface area contributed by atoms with Crippen molar-refractivity contribution in [3.63, 3.8) is 0 Å². The predicted molar refractivity (Wildman–Crippen MR) is 111 cm³/mol. The lowest BCUT2D eigenvalue weighted by atomic mass is 10.2. The Kier molecular flexibility index (Phi) is 5.50. The highest BCUT2D eigenvalue weighted by Gasteiger charge is 2.11. The van der Waals surface area contributed by atoms with E-state index >= 15 is 0 Å². The summed E-state index contributed by atoms with van der Waals surface area (Å²) < 4.78 is 7.39. The van der Waals surface area contributed by atoms with E-state index in [1.807, 2.05) is 54.6 Å². The van der Waals surface area contributed by atoms with Gasteiger partial charge in [0, 0.05) is 12.2 Å². The molecule has 0 unspecified atom stereocenters. The number of aromatic nitrogens is 4. The van der Waals surface area contributed by atoms with Crippen LogP contribution in [0.15, 0.2) is 66.7 Å². The molecule has 0 aliphatic carbocycles. The van der Waals surface area contributed by atoms with Gasteiger partial charge in [-0.1, -0.05) is 58.6 Å². The van der Waals surface area contributed by atoms with Gasteiger partial charge >= 0.3 is 6.01 Å². The number of nitrogens with zero attached hydrogens (tertiary/aromatic N) is 4. The number of phenolic OH excluding ortho intramolecular Hbond substituents is 1. The van der Waals surface area contributed by atoms with Crippen molar-refractivity contribution in [1.82, 2.24) is 20.2 Å². The number of aromatic hydroxyl groups is 1. The van der Waals surface area contributed by atoms with Gasteiger partial charge in [-0.3, -0.25) is 0 Å². The van der Waals surface area contributed by atoms with Gasteiger partial charge in [0.05, 0.1) is 15.7 Å². The normalized spacial score (nSPS) is 10.7. The molecule has 7 nitrogen and oxygen atoms in total. The van der Waals surface area contributed by atoms with Gasteiger partial charge < -0.3 is 15.2 Å². The molecule has 1 aromatic heterocycles. The zero-order valence-corrected chi connectivity index (χ0v) is 16.5. The summed E-state index contributed by atoms with van der Waals surface area (Å²) >= 11 is 11.9. The van der Waals surface area contributed by atoms with E-state index in [0.717, 1.165) is 11.3 Å². The maximum absolute atomic E-state index is 9.65. The number of hydrogen-bond acceptors (Lipinski definition) is 6. The van der Waals surface area contributed by atoms with Crippen molar-refractivity contribution < 1.29 is 9.84 Å². The summed E-state index contributed by atoms with van der Waals surface area (Å²) in [5, 5.41) is 24.9. The SMILES string of the molecule is Oc1c(Cl)cc(NCc2cccc(Oc3nnnn3-c3ccccc3)c2)cc1Cl. The molecule has 29 heavy (non-hydrogen) atoms. The van der Waals surface area contributed by atoms with Crippen molar-refractivity contribution in [2.24, 2.45) is 0 Å². The van der Waals surface area contributed by atoms with E-state index in [0.29, 0.717) is 18.0 Å². The second kappa shape index (κ2) is 8.38. The van der Waals surface area contributed by atoms with Gasteiger partial charge in [-0.05, 0) is 52.4 Å². The average Bonchev–Trinajstić information content (AvgIpc) is 3.19. The van der Waals surface area contributed by atoms with Crippen LogP contribution >= 0.6 is 23.2 Å². The third-order valence-electron chi connectivity index (χ3n) is 4.06. The van der Waals surface area contributed by atoms with Gasteiger partial charge in [-0.15, -0.1) is 0 Å². The molecule has 9 heteroatoms. The quantitative estimate of drug-likeness (QED) is 0.417. The Hall–Kier alpha value is -3.29. The van der Waals surface area contributed by atoms with Gasteiger partial charge in [-0.25, -0.2) is 0 Å². The third-order valence-corrected chi connectivity index (χ3v) is 4.64. The van der Waals surface area contributed by atoms with Crippen LogP contribution in [0.3, 0.4) is 0 Å². The number of hydrogen-bond donors (Lipinski definition) is 2. The first-order chi connectivity index (χ1) is 14.1. The maximum Gasteiger partial charge on any atom is 0.345 e. The fourth-order valence-corrected chi connectivity index (χ4v) is 3.16. The molecule has 0 saturated carbocycles. The van der Waals surface area contributed by atoms with E-state index in [-0.39, 0.29) is 21.8 Å². The van der Waals surface area contributed by atoms with Gasteiger partial charge in [-0.2, -0.15) is 4.68 Å². The third kappa shape index (κ3) is 4.42. The Morgan fingerprint density at radius 2 is 1.72 bits per heavy atom. The van der Waals surface area contributed by atoms with Crippen LogP contribution < -0.4 is 10.1 Å². The van der Waals surface area contributed by atoms with Crippen molar-refractivity contribution in [3.05, 3.63) is 82.3 Å². The van der Waals surface area contributed by atoms with Crippen LogP contribution in [0.4, 0.5) is 5.69 Å². The highest BCUT2D eigenvalue weighted by atomic mass is 35.5. The lowest BCUT2D eigenvalue weighted by molar-refractivity contribution is 0.427. The highest BCUT2D eigenvalue weighted by molar-refractivity contribution is 6.37. The van der Waals surface area contributed by atoms with E-state index in [2.05, 4.69) is 20.8 Å². The zero-order valence-electron chi connectivity index (χ0n) is 15.0. The molecule has 0 spiro atoms. The van der Waals surface area contributed by atoms with E-state index in [1.54, 1.807) is 12.1 Å². The minimum Gasteiger partial charge on any atom is -0.505 e. The average molecular weight is 428 g/mol. The van der Waals surface area contributed by atoms with E-state index in [1.165, 1.54) is 4.68 Å². The van der Waals surface area contributed by atoms with Gasteiger partial charge in [0.2, 0.25) is 0 Å². The van der Waals surface area contributed by atoms with Crippen molar-refractivity contribution in [3.8, 4) is 23.2 Å². The van der Waals surface area contributed by atoms with Crippen LogP contribution in [0, 0.1) is 0 Å². The molecule has 4 rings (SSSR count). The lowest BCUT2D eigenvalue weighted by Gasteiger charge is -2.10. The van der Waals surface area contributed by atoms with Crippen LogP contribution in [-0.4, -0.2) is 25.3 Å². The van der Waals surface area contributed by atoms with Crippen LogP contribution in [0.2, 0.25) is 10.0 Å². The number of para-hydroxylation sites is 1. The summed E-state index contributed by atoms with van der Waals surface area (Å²) in [6.07, 6.45) is 0. The molecule has 2 N–H and O–H groups in total. The summed E-state index contributed by atoms with van der Waals surface area (Å²) in [5.41, 5.74) is 2.45. The molecule has 0 fully saturated rings. The Labute approximate surface area is 176 Å². The second-order valence-electron chi connectivity index (χ2n) is 6.10. The Bertz CT molecular complexity index is 1110. The van der Waals surface area contributed by atoms with Crippen LogP contribution in [0.5, 0.6) is 17.5 Å². The summed E-state index contributed by atoms with van der Waals surface area (Å²) in [4.78, 5) is 0. The van der Waals surface area contributed by atoms with Gasteiger partial charge in [0.1, 0.15) is 5.75 Å². The number of benzene rings is 3. The van der Waals surface area contributed by atoms with Crippen LogP contribution in [0.25, 0.3) is 5.69 Å². The molecule has 4 aromatic rings. The Morgan fingerprint density at radius 3 is 2.48 bits per heavy atom. The summed E-state index contributed by atoms with van der Waals surface area (Å²) in [6, 6.07) is 20.5. The topological polar surface area (TPSA) is 85.1 Å². The second-order valence-corrected chi connectivity index (χ2v) is 6.91. The zero-order chi connectivity index (χ0) is 20.2. The minimum absolute atomic E-state index is 0.134. The number of anilines is 1. The fraction of sp³-hybridized carbons (Fsp3) is 0.0500. The first-order valence-electron chi connectivity index (χ1n) is 8.62. The van der Waals surface area contributed by atoms with Crippen LogP contribution in [0.1, 0.15) is 5.56 Å². The molecule has 0 atom stereocenters. The fourth-order valence-electron chi connectivity index (χ4n) is 2.67. The smallest absolute Gasteiger partial charge is 0.345 e. The summed E-state index contributed by atoms with van der Waals surface area (Å²) in [6.45, 7) is 0.498. The standard InChI is InChI=1S/C20H15Cl2N5O2/c21-17-10-14(11-18(22)19(17)28)23-12-13-5-4-8-16(9-13)29-20-24-25-26-27(20)15-6-2-1-3-7-15/h1-11,23,28H,12H2. The lowest BCUT2D eigenvalue weighted by Crippen LogP contribution is -2.02. The molecule has 1 heterocycles. The predicted octanol–water partition coefficient (Wildman–Crippen LogP) is 5.08. The monoisotopic (exact) mass is 427 g/mol. The molecule has 0 radical (unpaired) electrons. The molecule has 3 aromatic carbocycles. The summed E-state index contributed by atoms with van der Waals surface area (Å²) in [7, 11) is 0. The first-order valence-corrected chi connectivity index (χ1v) is 9.38. The Morgan fingerprint density at radius 1 is 0.966 bits per heavy atom. The molecular weight excluding hydrogens is 413 g/mol. The van der Waals surface area contributed by atoms with Gasteiger partial charge in [0.15, 0.2) is 5.75 Å². The number of nitrogens with one attached hydrogen (secondary N) is 1. The largest absolute Gasteiger partial charge is 0.505 e. The molecule has 0 amide bonds. The first kappa shape index (κ1) is 19.0. The van der Waals surface area contributed by atoms with Crippen molar-refractivity contribution in [2.75, 3.05) is 5.32 Å². The number of rotatable bonds is 6. The van der Waals surface area contributed by atoms with Crippen molar-refractivity contribution in [1.29, 1.82) is 0 Å². The molecule has 146 valence electrons. The number of tetrazole rings is 1. The van der Waals surface area contributed by atoms with Crippen molar-refractivity contribution >= 4 is 28.9 Å². The highest BCUT2D eigenvalue weighted by Crippen LogP contribution is 2.34. The number of phenols is 1. The molecular formula is C20H15Cl2N5O2. The molecule has 0 aliphatic heterocycles. The molecule has 0 saturated heterocycles.